The van der Waals surface area contributed by atoms with E-state index in [1.165, 1.54) is 0 Å². The number of anilines is 1. The monoisotopic (exact) mass is 442 g/mol. The first-order chi connectivity index (χ1) is 13.6. The van der Waals surface area contributed by atoms with Crippen LogP contribution in [0.5, 0.6) is 0 Å². The molecular weight excluding hydrogens is 420 g/mol. The van der Waals surface area contributed by atoms with E-state index in [1.807, 2.05) is 60.0 Å². The Bertz CT molecular complexity index is 966. The number of halogens is 1. The molecule has 2 aromatic carbocycles. The number of aromatic nitrogens is 2. The number of carbonyl (C=O) groups excluding carboxylic acids is 2. The van der Waals surface area contributed by atoms with Crippen molar-refractivity contribution in [1.29, 1.82) is 0 Å². The van der Waals surface area contributed by atoms with Crippen molar-refractivity contribution in [3.05, 3.63) is 58.8 Å². The first-order valence-electron chi connectivity index (χ1n) is 9.33. The van der Waals surface area contributed by atoms with E-state index in [0.717, 1.165) is 33.4 Å². The highest BCUT2D eigenvalue weighted by Crippen LogP contribution is 2.18. The Morgan fingerprint density at radius 2 is 1.82 bits per heavy atom. The van der Waals surface area contributed by atoms with Crippen LogP contribution in [0, 0.1) is 0 Å². The summed E-state index contributed by atoms with van der Waals surface area (Å²) in [6, 6.07) is 15.2. The summed E-state index contributed by atoms with van der Waals surface area (Å²) >= 11 is 3.39. The lowest BCUT2D eigenvalue weighted by Crippen LogP contribution is -2.27. The van der Waals surface area contributed by atoms with Gasteiger partial charge in [-0.15, -0.1) is 0 Å². The van der Waals surface area contributed by atoms with Crippen LogP contribution in [0.1, 0.15) is 25.6 Å². The number of nitrogens with zero attached hydrogens (tertiary/aromatic N) is 2. The first-order valence-corrected chi connectivity index (χ1v) is 10.1. The fraction of sp³-hybridized carbons (Fsp3) is 0.286. The Morgan fingerprint density at radius 1 is 1.07 bits per heavy atom. The summed E-state index contributed by atoms with van der Waals surface area (Å²) in [4.78, 5) is 28.9. The molecule has 1 heterocycles. The highest BCUT2D eigenvalue weighted by atomic mass is 79.9. The lowest BCUT2D eigenvalue weighted by atomic mass is 10.3. The largest absolute Gasteiger partial charge is 0.356 e. The Hall–Kier alpha value is -2.67. The number of fused-ring (bicyclic) bond motifs is 1. The van der Waals surface area contributed by atoms with Crippen LogP contribution in [0.3, 0.4) is 0 Å². The maximum absolute atomic E-state index is 12.6. The number of imidazole rings is 1. The van der Waals surface area contributed by atoms with Gasteiger partial charge in [-0.3, -0.25) is 9.59 Å². The Kier molecular flexibility index (Phi) is 6.81. The molecule has 3 rings (SSSR count). The molecule has 2 N–H and O–H groups in total. The van der Waals surface area contributed by atoms with Gasteiger partial charge in [0.05, 0.1) is 11.0 Å². The number of hydrogen-bond acceptors (Lipinski definition) is 3. The molecule has 0 bridgehead atoms. The molecule has 6 nitrogen and oxygen atoms in total. The van der Waals surface area contributed by atoms with Crippen LogP contribution in [0.15, 0.2) is 53.0 Å². The van der Waals surface area contributed by atoms with E-state index < -0.39 is 0 Å². The summed E-state index contributed by atoms with van der Waals surface area (Å²) < 4.78 is 2.87. The molecule has 0 aliphatic heterocycles. The van der Waals surface area contributed by atoms with Gasteiger partial charge < -0.3 is 15.2 Å². The molecule has 0 spiro atoms. The second-order valence-electron chi connectivity index (χ2n) is 6.51. The highest BCUT2D eigenvalue weighted by Gasteiger charge is 2.14. The standard InChI is InChI=1S/C21H23BrN4O2/c1-2-5-20(27)23-13-12-19-25-17-6-3-4-7-18(17)26(19)14-21(28)24-16-10-8-15(22)9-11-16/h3-4,6-11H,2,5,12-14H2,1H3,(H,23,27)(H,24,28). The predicted molar refractivity (Wildman–Crippen MR) is 114 cm³/mol. The minimum atomic E-state index is -0.123. The Balaban J connectivity index is 1.73. The molecule has 0 unspecified atom stereocenters. The third kappa shape index (κ3) is 5.19. The number of amides is 2. The Morgan fingerprint density at radius 3 is 2.57 bits per heavy atom. The smallest absolute Gasteiger partial charge is 0.244 e. The Labute approximate surface area is 172 Å². The van der Waals surface area contributed by atoms with Gasteiger partial charge in [-0.1, -0.05) is 35.0 Å². The molecule has 28 heavy (non-hydrogen) atoms. The fourth-order valence-corrected chi connectivity index (χ4v) is 3.26. The zero-order valence-corrected chi connectivity index (χ0v) is 17.3. The zero-order chi connectivity index (χ0) is 19.9. The topological polar surface area (TPSA) is 76.0 Å². The quantitative estimate of drug-likeness (QED) is 0.555. The third-order valence-corrected chi connectivity index (χ3v) is 4.84. The van der Waals surface area contributed by atoms with Gasteiger partial charge in [0.15, 0.2) is 0 Å². The lowest BCUT2D eigenvalue weighted by Gasteiger charge is -2.11. The highest BCUT2D eigenvalue weighted by molar-refractivity contribution is 9.10. The van der Waals surface area contributed by atoms with Gasteiger partial charge in [0.25, 0.3) is 0 Å². The average molecular weight is 443 g/mol. The normalized spacial score (nSPS) is 10.8. The van der Waals surface area contributed by atoms with Gasteiger partial charge in [0, 0.05) is 29.5 Å². The second-order valence-corrected chi connectivity index (χ2v) is 7.42. The van der Waals surface area contributed by atoms with E-state index in [0.29, 0.717) is 19.4 Å². The van der Waals surface area contributed by atoms with E-state index in [2.05, 4.69) is 31.5 Å². The van der Waals surface area contributed by atoms with Crippen molar-refractivity contribution in [2.24, 2.45) is 0 Å². The zero-order valence-electron chi connectivity index (χ0n) is 15.7. The van der Waals surface area contributed by atoms with E-state index in [1.54, 1.807) is 0 Å². The lowest BCUT2D eigenvalue weighted by molar-refractivity contribution is -0.121. The molecule has 7 heteroatoms. The number of carbonyl (C=O) groups is 2. The molecule has 2 amide bonds. The van der Waals surface area contributed by atoms with Crippen molar-refractivity contribution in [3.8, 4) is 0 Å². The van der Waals surface area contributed by atoms with Crippen molar-refractivity contribution in [2.75, 3.05) is 11.9 Å². The van der Waals surface area contributed by atoms with Gasteiger partial charge in [0.1, 0.15) is 12.4 Å². The van der Waals surface area contributed by atoms with Crippen LogP contribution in [0.25, 0.3) is 11.0 Å². The summed E-state index contributed by atoms with van der Waals surface area (Å²) in [5, 5.41) is 5.82. The minimum Gasteiger partial charge on any atom is -0.356 e. The molecule has 3 aromatic rings. The van der Waals surface area contributed by atoms with Crippen LogP contribution in [0.4, 0.5) is 5.69 Å². The molecular formula is C21H23BrN4O2. The second kappa shape index (κ2) is 9.50. The molecule has 0 radical (unpaired) electrons. The SMILES string of the molecule is CCCC(=O)NCCc1nc2ccccc2n1CC(=O)Nc1ccc(Br)cc1. The van der Waals surface area contributed by atoms with E-state index >= 15 is 0 Å². The van der Waals surface area contributed by atoms with E-state index in [-0.39, 0.29) is 18.4 Å². The van der Waals surface area contributed by atoms with Crippen LogP contribution < -0.4 is 10.6 Å². The third-order valence-electron chi connectivity index (χ3n) is 4.31. The van der Waals surface area contributed by atoms with Gasteiger partial charge >= 0.3 is 0 Å². The number of hydrogen-bond donors (Lipinski definition) is 2. The summed E-state index contributed by atoms with van der Waals surface area (Å²) in [5.41, 5.74) is 2.49. The minimum absolute atomic E-state index is 0.0399. The number of benzene rings is 2. The first kappa shape index (κ1) is 20.1. The van der Waals surface area contributed by atoms with Crippen molar-refractivity contribution in [1.82, 2.24) is 14.9 Å². The molecule has 0 saturated heterocycles. The molecule has 0 atom stereocenters. The molecule has 0 aliphatic rings. The molecule has 0 aliphatic carbocycles. The van der Waals surface area contributed by atoms with Crippen molar-refractivity contribution in [2.45, 2.75) is 32.7 Å². The van der Waals surface area contributed by atoms with Crippen LogP contribution in [-0.4, -0.2) is 27.9 Å². The maximum atomic E-state index is 12.6. The van der Waals surface area contributed by atoms with Crippen molar-refractivity contribution in [3.63, 3.8) is 0 Å². The van der Waals surface area contributed by atoms with E-state index in [4.69, 9.17) is 0 Å². The van der Waals surface area contributed by atoms with E-state index in [9.17, 15) is 9.59 Å². The van der Waals surface area contributed by atoms with Gasteiger partial charge in [0.2, 0.25) is 11.8 Å². The average Bonchev–Trinajstić information content (AvgIpc) is 3.01. The summed E-state index contributed by atoms with van der Waals surface area (Å²) in [5.74, 6) is 0.698. The summed E-state index contributed by atoms with van der Waals surface area (Å²) in [6.07, 6.45) is 1.91. The number of nitrogens with one attached hydrogen (secondary N) is 2. The van der Waals surface area contributed by atoms with Gasteiger partial charge in [-0.2, -0.15) is 0 Å². The van der Waals surface area contributed by atoms with Crippen molar-refractivity contribution >= 4 is 44.5 Å². The van der Waals surface area contributed by atoms with Gasteiger partial charge in [-0.05, 0) is 42.8 Å². The van der Waals surface area contributed by atoms with Crippen LogP contribution in [0.2, 0.25) is 0 Å². The summed E-state index contributed by atoms with van der Waals surface area (Å²) in [7, 11) is 0. The number of para-hydroxylation sites is 2. The fourth-order valence-electron chi connectivity index (χ4n) is 3.00. The maximum Gasteiger partial charge on any atom is 0.244 e. The number of rotatable bonds is 8. The molecule has 0 saturated carbocycles. The summed E-state index contributed by atoms with van der Waals surface area (Å²) in [6.45, 7) is 2.63. The molecule has 146 valence electrons. The van der Waals surface area contributed by atoms with Crippen molar-refractivity contribution < 1.29 is 9.59 Å². The predicted octanol–water partition coefficient (Wildman–Crippen LogP) is 3.90. The van der Waals surface area contributed by atoms with Gasteiger partial charge in [-0.25, -0.2) is 4.98 Å². The molecule has 1 aromatic heterocycles. The van der Waals surface area contributed by atoms with Crippen LogP contribution in [-0.2, 0) is 22.6 Å². The van der Waals surface area contributed by atoms with Crippen LogP contribution >= 0.6 is 15.9 Å². The molecule has 0 fully saturated rings.